The Labute approximate surface area is 139 Å². The SMILES string of the molecule is O=S1(=O)c2cccc3cccc(c23)N1CCOc1cccc(F)c1. The molecule has 0 N–H and O–H groups in total. The van der Waals surface area contributed by atoms with Gasteiger partial charge >= 0.3 is 0 Å². The maximum Gasteiger partial charge on any atom is 0.265 e. The van der Waals surface area contributed by atoms with Crippen molar-refractivity contribution >= 4 is 26.5 Å². The van der Waals surface area contributed by atoms with Gasteiger partial charge in [-0.1, -0.05) is 30.3 Å². The fraction of sp³-hybridized carbons (Fsp3) is 0.111. The molecule has 3 aromatic rings. The number of rotatable bonds is 4. The molecule has 0 amide bonds. The summed E-state index contributed by atoms with van der Waals surface area (Å²) in [5, 5.41) is 1.63. The molecule has 3 aromatic carbocycles. The number of nitrogens with zero attached hydrogens (tertiary/aromatic N) is 1. The van der Waals surface area contributed by atoms with Crippen LogP contribution in [-0.2, 0) is 10.0 Å². The number of ether oxygens (including phenoxy) is 1. The van der Waals surface area contributed by atoms with E-state index in [4.69, 9.17) is 4.74 Å². The predicted octanol–water partition coefficient (Wildman–Crippen LogP) is 3.57. The van der Waals surface area contributed by atoms with Gasteiger partial charge in [0.15, 0.2) is 0 Å². The molecule has 4 rings (SSSR count). The van der Waals surface area contributed by atoms with Crippen LogP contribution < -0.4 is 9.04 Å². The van der Waals surface area contributed by atoms with Crippen LogP contribution in [0.25, 0.3) is 10.8 Å². The molecule has 6 heteroatoms. The fourth-order valence-electron chi connectivity index (χ4n) is 3.00. The highest BCUT2D eigenvalue weighted by atomic mass is 32.2. The second-order valence-electron chi connectivity index (χ2n) is 5.51. The molecule has 1 aliphatic heterocycles. The van der Waals surface area contributed by atoms with E-state index in [1.54, 1.807) is 30.3 Å². The Balaban J connectivity index is 1.62. The summed E-state index contributed by atoms with van der Waals surface area (Å²) in [4.78, 5) is 0.321. The van der Waals surface area contributed by atoms with Crippen LogP contribution in [0.15, 0.2) is 65.6 Å². The molecule has 0 unspecified atom stereocenters. The Morgan fingerprint density at radius 1 is 1.00 bits per heavy atom. The largest absolute Gasteiger partial charge is 0.492 e. The Bertz CT molecular complexity index is 1030. The standard InChI is InChI=1S/C18H14FNO3S/c19-14-6-3-7-15(12-14)23-11-10-20-16-8-1-4-13-5-2-9-17(18(13)16)24(20,21)22/h1-9,12H,10-11H2. The number of anilines is 1. The molecule has 0 aromatic heterocycles. The Hall–Kier alpha value is -2.60. The molecule has 0 saturated carbocycles. The summed E-state index contributed by atoms with van der Waals surface area (Å²) in [5.74, 6) is -0.0132. The van der Waals surface area contributed by atoms with Gasteiger partial charge in [0.05, 0.1) is 17.1 Å². The first-order valence-electron chi connectivity index (χ1n) is 7.50. The maximum absolute atomic E-state index is 13.2. The van der Waals surface area contributed by atoms with Crippen molar-refractivity contribution in [3.05, 3.63) is 66.5 Å². The van der Waals surface area contributed by atoms with Crippen molar-refractivity contribution in [2.75, 3.05) is 17.5 Å². The number of halogens is 1. The summed E-state index contributed by atoms with van der Waals surface area (Å²) in [6, 6.07) is 16.6. The Kier molecular flexibility index (Phi) is 3.42. The van der Waals surface area contributed by atoms with Crippen molar-refractivity contribution in [3.63, 3.8) is 0 Å². The zero-order valence-corrected chi connectivity index (χ0v) is 13.5. The summed E-state index contributed by atoms with van der Waals surface area (Å²) < 4.78 is 45.5. The van der Waals surface area contributed by atoms with Crippen molar-refractivity contribution in [2.45, 2.75) is 4.90 Å². The van der Waals surface area contributed by atoms with E-state index in [0.29, 0.717) is 16.3 Å². The van der Waals surface area contributed by atoms with Gasteiger partial charge in [-0.3, -0.25) is 4.31 Å². The first-order chi connectivity index (χ1) is 11.6. The third-order valence-corrected chi connectivity index (χ3v) is 5.90. The van der Waals surface area contributed by atoms with E-state index < -0.39 is 15.8 Å². The Morgan fingerprint density at radius 2 is 1.75 bits per heavy atom. The van der Waals surface area contributed by atoms with Gasteiger partial charge in [-0.25, -0.2) is 12.8 Å². The molecule has 4 nitrogen and oxygen atoms in total. The van der Waals surface area contributed by atoms with Crippen molar-refractivity contribution in [1.82, 2.24) is 0 Å². The van der Waals surface area contributed by atoms with E-state index in [0.717, 1.165) is 10.8 Å². The molecule has 0 bridgehead atoms. The molecule has 0 spiro atoms. The minimum atomic E-state index is -3.58. The summed E-state index contributed by atoms with van der Waals surface area (Å²) in [6.07, 6.45) is 0. The third kappa shape index (κ3) is 2.30. The molecule has 0 fully saturated rings. The van der Waals surface area contributed by atoms with Gasteiger partial charge in [-0.15, -0.1) is 0 Å². The van der Waals surface area contributed by atoms with E-state index in [9.17, 15) is 12.8 Å². The Morgan fingerprint density at radius 3 is 2.54 bits per heavy atom. The highest BCUT2D eigenvalue weighted by Crippen LogP contribution is 2.41. The molecule has 0 aliphatic carbocycles. The van der Waals surface area contributed by atoms with Crippen LogP contribution in [0.5, 0.6) is 5.75 Å². The molecule has 0 saturated heterocycles. The van der Waals surface area contributed by atoms with Crippen molar-refractivity contribution in [2.24, 2.45) is 0 Å². The third-order valence-electron chi connectivity index (χ3n) is 4.04. The van der Waals surface area contributed by atoms with E-state index in [-0.39, 0.29) is 13.2 Å². The zero-order valence-electron chi connectivity index (χ0n) is 12.6. The minimum absolute atomic E-state index is 0.132. The molecular weight excluding hydrogens is 329 g/mol. The number of hydrogen-bond donors (Lipinski definition) is 0. The maximum atomic E-state index is 13.2. The van der Waals surface area contributed by atoms with Crippen molar-refractivity contribution in [1.29, 1.82) is 0 Å². The fourth-order valence-corrected chi connectivity index (χ4v) is 4.70. The van der Waals surface area contributed by atoms with Crippen LogP contribution in [0.1, 0.15) is 0 Å². The van der Waals surface area contributed by atoms with Gasteiger partial charge in [-0.05, 0) is 29.7 Å². The minimum Gasteiger partial charge on any atom is -0.492 e. The number of hydrogen-bond acceptors (Lipinski definition) is 3. The lowest BCUT2D eigenvalue weighted by atomic mass is 10.1. The highest BCUT2D eigenvalue weighted by molar-refractivity contribution is 7.93. The van der Waals surface area contributed by atoms with E-state index in [2.05, 4.69) is 0 Å². The van der Waals surface area contributed by atoms with Gasteiger partial charge in [-0.2, -0.15) is 0 Å². The quantitative estimate of drug-likeness (QED) is 0.728. The molecule has 1 aliphatic rings. The van der Waals surface area contributed by atoms with Crippen LogP contribution in [0.3, 0.4) is 0 Å². The second-order valence-corrected chi connectivity index (χ2v) is 7.35. The van der Waals surface area contributed by atoms with Crippen LogP contribution in [0.2, 0.25) is 0 Å². The number of benzene rings is 3. The lowest BCUT2D eigenvalue weighted by Crippen LogP contribution is -2.31. The van der Waals surface area contributed by atoms with Gasteiger partial charge in [0.25, 0.3) is 10.0 Å². The molecule has 0 atom stereocenters. The van der Waals surface area contributed by atoms with Gasteiger partial charge in [0.1, 0.15) is 18.2 Å². The van der Waals surface area contributed by atoms with Gasteiger partial charge in [0.2, 0.25) is 0 Å². The second kappa shape index (κ2) is 5.49. The summed E-state index contributed by atoms with van der Waals surface area (Å²) in [6.45, 7) is 0.291. The van der Waals surface area contributed by atoms with Crippen LogP contribution in [-0.4, -0.2) is 21.6 Å². The van der Waals surface area contributed by atoms with E-state index in [1.165, 1.54) is 16.4 Å². The lowest BCUT2D eigenvalue weighted by Gasteiger charge is -2.19. The topological polar surface area (TPSA) is 46.6 Å². The van der Waals surface area contributed by atoms with Crippen LogP contribution in [0.4, 0.5) is 10.1 Å². The number of sulfonamides is 1. The van der Waals surface area contributed by atoms with Gasteiger partial charge in [0, 0.05) is 11.5 Å². The normalized spacial score (nSPS) is 15.0. The monoisotopic (exact) mass is 343 g/mol. The average molecular weight is 343 g/mol. The van der Waals surface area contributed by atoms with Crippen molar-refractivity contribution < 1.29 is 17.5 Å². The molecular formula is C18H14FNO3S. The smallest absolute Gasteiger partial charge is 0.265 e. The van der Waals surface area contributed by atoms with E-state index >= 15 is 0 Å². The van der Waals surface area contributed by atoms with Crippen molar-refractivity contribution in [3.8, 4) is 5.75 Å². The molecule has 1 heterocycles. The highest BCUT2D eigenvalue weighted by Gasteiger charge is 2.35. The first-order valence-corrected chi connectivity index (χ1v) is 8.94. The van der Waals surface area contributed by atoms with Crippen LogP contribution >= 0.6 is 0 Å². The summed E-state index contributed by atoms with van der Waals surface area (Å²) in [5.41, 5.74) is 0.658. The predicted molar refractivity (Wildman–Crippen MR) is 90.4 cm³/mol. The molecule has 122 valence electrons. The summed E-state index contributed by atoms with van der Waals surface area (Å²) in [7, 11) is -3.58. The first kappa shape index (κ1) is 15.0. The molecule has 24 heavy (non-hydrogen) atoms. The van der Waals surface area contributed by atoms with E-state index in [1.807, 2.05) is 18.2 Å². The summed E-state index contributed by atoms with van der Waals surface area (Å²) >= 11 is 0. The zero-order chi connectivity index (χ0) is 16.7. The van der Waals surface area contributed by atoms with Crippen LogP contribution in [0, 0.1) is 5.82 Å². The molecule has 0 radical (unpaired) electrons. The average Bonchev–Trinajstić information content (AvgIpc) is 2.78. The lowest BCUT2D eigenvalue weighted by molar-refractivity contribution is 0.327. The van der Waals surface area contributed by atoms with Gasteiger partial charge < -0.3 is 4.74 Å².